The molecular weight excluding hydrogens is 370 g/mol. The summed E-state index contributed by atoms with van der Waals surface area (Å²) in [5.41, 5.74) is -0.0778. The van der Waals surface area contributed by atoms with Gasteiger partial charge in [-0.3, -0.25) is 0 Å². The molecule has 1 aromatic rings. The molecule has 0 spiro atoms. The molecule has 0 aliphatic heterocycles. The molecular formula is C16H22ClNO4S2. The van der Waals surface area contributed by atoms with Crippen LogP contribution in [0.2, 0.25) is 5.02 Å². The van der Waals surface area contributed by atoms with E-state index in [0.29, 0.717) is 10.9 Å². The average molecular weight is 392 g/mol. The van der Waals surface area contributed by atoms with Crippen molar-refractivity contribution in [3.05, 3.63) is 29.3 Å². The van der Waals surface area contributed by atoms with Crippen LogP contribution in [0.15, 0.2) is 29.2 Å². The van der Waals surface area contributed by atoms with Gasteiger partial charge in [0.25, 0.3) is 0 Å². The highest BCUT2D eigenvalue weighted by atomic mass is 35.5. The van der Waals surface area contributed by atoms with Crippen LogP contribution < -0.4 is 4.72 Å². The van der Waals surface area contributed by atoms with Gasteiger partial charge in [-0.15, -0.1) is 0 Å². The highest BCUT2D eigenvalue weighted by Gasteiger charge is 2.47. The second-order valence-corrected chi connectivity index (χ2v) is 11.4. The third kappa shape index (κ3) is 4.12. The van der Waals surface area contributed by atoms with Crippen molar-refractivity contribution in [2.24, 2.45) is 11.3 Å². The molecule has 0 amide bonds. The maximum atomic E-state index is 12.3. The van der Waals surface area contributed by atoms with Crippen LogP contribution in [0.25, 0.3) is 0 Å². The molecule has 0 aromatic heterocycles. The molecule has 2 aliphatic rings. The van der Waals surface area contributed by atoms with E-state index < -0.39 is 19.9 Å². The third-order valence-corrected chi connectivity index (χ3v) is 8.87. The molecule has 0 heterocycles. The van der Waals surface area contributed by atoms with E-state index in [1.54, 1.807) is 0 Å². The molecule has 1 N–H and O–H groups in total. The lowest BCUT2D eigenvalue weighted by Gasteiger charge is -2.26. The predicted molar refractivity (Wildman–Crippen MR) is 94.3 cm³/mol. The van der Waals surface area contributed by atoms with Crippen LogP contribution in [0.5, 0.6) is 0 Å². The minimum atomic E-state index is -3.52. The quantitative estimate of drug-likeness (QED) is 0.774. The Hall–Kier alpha value is -0.630. The van der Waals surface area contributed by atoms with Crippen molar-refractivity contribution in [2.45, 2.75) is 37.0 Å². The Morgan fingerprint density at radius 1 is 1.08 bits per heavy atom. The highest BCUT2D eigenvalue weighted by Crippen LogP contribution is 2.54. The summed E-state index contributed by atoms with van der Waals surface area (Å²) in [5.74, 6) is 0.548. The molecule has 2 aliphatic carbocycles. The number of hydrogen-bond acceptors (Lipinski definition) is 4. The maximum absolute atomic E-state index is 12.3. The van der Waals surface area contributed by atoms with Gasteiger partial charge >= 0.3 is 0 Å². The molecule has 8 heteroatoms. The van der Waals surface area contributed by atoms with Crippen molar-refractivity contribution >= 4 is 31.5 Å². The van der Waals surface area contributed by atoms with Crippen LogP contribution in [0.3, 0.4) is 0 Å². The molecule has 0 unspecified atom stereocenters. The summed E-state index contributed by atoms with van der Waals surface area (Å²) in [7, 11) is -6.98. The normalized spacial score (nSPS) is 26.8. The van der Waals surface area contributed by atoms with Crippen LogP contribution in [0, 0.1) is 11.3 Å². The Morgan fingerprint density at radius 2 is 1.71 bits per heavy atom. The summed E-state index contributed by atoms with van der Waals surface area (Å²) in [6.45, 7) is -0.104. The summed E-state index contributed by atoms with van der Waals surface area (Å²) in [6.07, 6.45) is 5.20. The number of halogens is 1. The lowest BCUT2D eigenvalue weighted by Crippen LogP contribution is -2.37. The SMILES string of the molecule is O=S(=O)(CC12CCC(CC1)C2)NCCS(=O)(=O)c1ccc(Cl)cc1. The monoisotopic (exact) mass is 391 g/mol. The molecule has 0 radical (unpaired) electrons. The zero-order valence-electron chi connectivity index (χ0n) is 13.4. The molecule has 0 atom stereocenters. The third-order valence-electron chi connectivity index (χ3n) is 5.25. The summed E-state index contributed by atoms with van der Waals surface area (Å²) in [5, 5.41) is 0.459. The average Bonchev–Trinajstić information content (AvgIpc) is 3.06. The smallest absolute Gasteiger partial charge is 0.212 e. The summed E-state index contributed by atoms with van der Waals surface area (Å²) in [4.78, 5) is 0.152. The van der Waals surface area contributed by atoms with Gasteiger partial charge in [-0.2, -0.15) is 0 Å². The van der Waals surface area contributed by atoms with Crippen LogP contribution in [-0.4, -0.2) is 34.9 Å². The Balaban J connectivity index is 1.56. The van der Waals surface area contributed by atoms with E-state index >= 15 is 0 Å². The molecule has 24 heavy (non-hydrogen) atoms. The Kier molecular flexibility index (Phi) is 4.99. The molecule has 2 saturated carbocycles. The highest BCUT2D eigenvalue weighted by molar-refractivity contribution is 7.91. The van der Waals surface area contributed by atoms with Gasteiger partial charge in [0.1, 0.15) is 0 Å². The fourth-order valence-electron chi connectivity index (χ4n) is 4.06. The van der Waals surface area contributed by atoms with E-state index in [0.717, 1.165) is 32.1 Å². The van der Waals surface area contributed by atoms with Gasteiger partial charge < -0.3 is 0 Å². The van der Waals surface area contributed by atoms with Gasteiger partial charge in [-0.25, -0.2) is 21.6 Å². The van der Waals surface area contributed by atoms with Crippen LogP contribution in [-0.2, 0) is 19.9 Å². The minimum absolute atomic E-state index is 0.0778. The Morgan fingerprint density at radius 3 is 2.25 bits per heavy atom. The second-order valence-electron chi connectivity index (χ2n) is 7.07. The van der Waals surface area contributed by atoms with Crippen molar-refractivity contribution < 1.29 is 16.8 Å². The van der Waals surface area contributed by atoms with Crippen LogP contribution in [0.1, 0.15) is 32.1 Å². The standard InChI is InChI=1S/C16H22ClNO4S2/c17-14-1-3-15(4-2-14)23(19,20)10-9-18-24(21,22)12-16-7-5-13(11-16)6-8-16/h1-4,13,18H,5-12H2. The molecule has 5 nitrogen and oxygen atoms in total. The van der Waals surface area contributed by atoms with Gasteiger partial charge in [-0.05, 0) is 67.7 Å². The number of benzene rings is 1. The Bertz CT molecular complexity index is 795. The topological polar surface area (TPSA) is 80.3 Å². The number of sulfone groups is 1. The van der Waals surface area contributed by atoms with Crippen LogP contribution >= 0.6 is 11.6 Å². The molecule has 134 valence electrons. The predicted octanol–water partition coefficient (Wildman–Crippen LogP) is 2.61. The first-order chi connectivity index (χ1) is 11.2. The number of fused-ring (bicyclic) bond motifs is 2. The van der Waals surface area contributed by atoms with E-state index in [1.807, 2.05) is 0 Å². The van der Waals surface area contributed by atoms with E-state index in [2.05, 4.69) is 4.72 Å². The molecule has 3 rings (SSSR count). The van der Waals surface area contributed by atoms with Crippen molar-refractivity contribution in [3.8, 4) is 0 Å². The zero-order chi connectivity index (χ0) is 17.4. The Labute approximate surface area is 148 Å². The number of rotatable bonds is 7. The zero-order valence-corrected chi connectivity index (χ0v) is 15.8. The second kappa shape index (κ2) is 6.59. The van der Waals surface area contributed by atoms with Crippen molar-refractivity contribution in [1.29, 1.82) is 0 Å². The molecule has 2 bridgehead atoms. The van der Waals surface area contributed by atoms with Gasteiger partial charge in [0.05, 0.1) is 16.4 Å². The van der Waals surface area contributed by atoms with Gasteiger partial charge in [0.2, 0.25) is 10.0 Å². The first-order valence-corrected chi connectivity index (χ1v) is 11.8. The van der Waals surface area contributed by atoms with Crippen molar-refractivity contribution in [1.82, 2.24) is 4.72 Å². The maximum Gasteiger partial charge on any atom is 0.212 e. The summed E-state index contributed by atoms with van der Waals surface area (Å²) < 4.78 is 51.5. The first kappa shape index (κ1) is 18.2. The largest absolute Gasteiger partial charge is 0.224 e. The van der Waals surface area contributed by atoms with E-state index in [-0.39, 0.29) is 28.4 Å². The van der Waals surface area contributed by atoms with Gasteiger partial charge in [0.15, 0.2) is 9.84 Å². The lowest BCUT2D eigenvalue weighted by atomic mass is 9.87. The molecule has 0 saturated heterocycles. The van der Waals surface area contributed by atoms with E-state index in [4.69, 9.17) is 11.6 Å². The number of nitrogens with one attached hydrogen (secondary N) is 1. The van der Waals surface area contributed by atoms with Gasteiger partial charge in [0, 0.05) is 11.6 Å². The molecule has 1 aromatic carbocycles. The van der Waals surface area contributed by atoms with Crippen molar-refractivity contribution in [3.63, 3.8) is 0 Å². The fourth-order valence-corrected chi connectivity index (χ4v) is 7.20. The van der Waals surface area contributed by atoms with Crippen molar-refractivity contribution in [2.75, 3.05) is 18.1 Å². The lowest BCUT2D eigenvalue weighted by molar-refractivity contribution is 0.333. The van der Waals surface area contributed by atoms with Gasteiger partial charge in [-0.1, -0.05) is 11.6 Å². The minimum Gasteiger partial charge on any atom is -0.224 e. The fraction of sp³-hybridized carbons (Fsp3) is 0.625. The van der Waals surface area contributed by atoms with E-state index in [1.165, 1.54) is 24.3 Å². The number of sulfonamides is 1. The first-order valence-electron chi connectivity index (χ1n) is 8.16. The summed E-state index contributed by atoms with van der Waals surface area (Å²) >= 11 is 5.75. The molecule has 2 fully saturated rings. The van der Waals surface area contributed by atoms with E-state index in [9.17, 15) is 16.8 Å². The van der Waals surface area contributed by atoms with Crippen LogP contribution in [0.4, 0.5) is 0 Å². The number of hydrogen-bond donors (Lipinski definition) is 1. The summed E-state index contributed by atoms with van der Waals surface area (Å²) in [6, 6.07) is 5.88.